The van der Waals surface area contributed by atoms with Crippen LogP contribution < -0.4 is 4.74 Å². The second kappa shape index (κ2) is 6.24. The van der Waals surface area contributed by atoms with Gasteiger partial charge in [0.2, 0.25) is 5.89 Å². The predicted molar refractivity (Wildman–Crippen MR) is 85.7 cm³/mol. The molecule has 128 valence electrons. The molecule has 1 amide bonds. The van der Waals surface area contributed by atoms with E-state index in [1.807, 2.05) is 12.1 Å². The zero-order valence-corrected chi connectivity index (χ0v) is 14.0. The molecule has 0 spiro atoms. The van der Waals surface area contributed by atoms with Crippen molar-refractivity contribution in [2.45, 2.75) is 38.3 Å². The molecule has 1 aromatic heterocycles. The van der Waals surface area contributed by atoms with Crippen molar-refractivity contribution in [2.24, 2.45) is 0 Å². The fourth-order valence-corrected chi connectivity index (χ4v) is 3.23. The number of amides is 1. The Kier molecular flexibility index (Phi) is 4.28. The van der Waals surface area contributed by atoms with E-state index in [1.54, 1.807) is 38.0 Å². The Morgan fingerprint density at radius 3 is 2.71 bits per heavy atom. The number of likely N-dealkylation sites (tertiary alicyclic amines) is 1. The van der Waals surface area contributed by atoms with Gasteiger partial charge in [-0.2, -0.15) is 4.98 Å². The van der Waals surface area contributed by atoms with Crippen LogP contribution in [0.2, 0.25) is 0 Å². The SMILES string of the molecule is COc1ccc(C(C)(O)C2CCCN2C(=O)c2noc(C)n2)cc1. The topological polar surface area (TPSA) is 88.7 Å². The van der Waals surface area contributed by atoms with Crippen LogP contribution in [-0.4, -0.2) is 45.8 Å². The van der Waals surface area contributed by atoms with Gasteiger partial charge in [0, 0.05) is 13.5 Å². The summed E-state index contributed by atoms with van der Waals surface area (Å²) in [5.74, 6) is 0.778. The van der Waals surface area contributed by atoms with E-state index in [0.717, 1.165) is 17.7 Å². The van der Waals surface area contributed by atoms with E-state index in [-0.39, 0.29) is 17.8 Å². The molecule has 2 atom stereocenters. The number of nitrogens with zero attached hydrogens (tertiary/aromatic N) is 3. The molecule has 3 rings (SSSR count). The molecular formula is C17H21N3O4. The van der Waals surface area contributed by atoms with Crippen molar-refractivity contribution in [3.63, 3.8) is 0 Å². The van der Waals surface area contributed by atoms with Crippen molar-refractivity contribution in [1.82, 2.24) is 15.0 Å². The lowest BCUT2D eigenvalue weighted by Crippen LogP contribution is -2.48. The maximum atomic E-state index is 12.7. The quantitative estimate of drug-likeness (QED) is 0.920. The Morgan fingerprint density at radius 1 is 1.42 bits per heavy atom. The van der Waals surface area contributed by atoms with Gasteiger partial charge in [0.1, 0.15) is 11.4 Å². The van der Waals surface area contributed by atoms with Gasteiger partial charge in [-0.25, -0.2) is 0 Å². The molecule has 0 radical (unpaired) electrons. The van der Waals surface area contributed by atoms with E-state index < -0.39 is 5.60 Å². The van der Waals surface area contributed by atoms with Crippen LogP contribution in [0.5, 0.6) is 5.75 Å². The Bertz CT molecular complexity index is 724. The summed E-state index contributed by atoms with van der Waals surface area (Å²) in [6.45, 7) is 3.93. The average Bonchev–Trinajstić information content (AvgIpc) is 3.23. The molecule has 24 heavy (non-hydrogen) atoms. The third-order valence-corrected chi connectivity index (χ3v) is 4.56. The number of aliphatic hydroxyl groups is 1. The molecule has 1 fully saturated rings. The monoisotopic (exact) mass is 331 g/mol. The Labute approximate surface area is 140 Å². The van der Waals surface area contributed by atoms with Crippen LogP contribution in [0.25, 0.3) is 0 Å². The highest BCUT2D eigenvalue weighted by molar-refractivity contribution is 5.90. The smallest absolute Gasteiger partial charge is 0.295 e. The molecule has 7 heteroatoms. The highest BCUT2D eigenvalue weighted by Gasteiger charge is 2.43. The van der Waals surface area contributed by atoms with Gasteiger partial charge in [0.05, 0.1) is 13.2 Å². The molecule has 0 saturated carbocycles. The minimum Gasteiger partial charge on any atom is -0.497 e. The molecular weight excluding hydrogens is 310 g/mol. The Morgan fingerprint density at radius 2 is 2.12 bits per heavy atom. The van der Waals surface area contributed by atoms with E-state index in [4.69, 9.17) is 9.26 Å². The molecule has 1 saturated heterocycles. The van der Waals surface area contributed by atoms with Crippen molar-refractivity contribution in [2.75, 3.05) is 13.7 Å². The van der Waals surface area contributed by atoms with Crippen LogP contribution in [0.4, 0.5) is 0 Å². The number of carbonyl (C=O) groups is 1. The van der Waals surface area contributed by atoms with Crippen molar-refractivity contribution >= 4 is 5.91 Å². The normalized spacial score (nSPS) is 20.0. The van der Waals surface area contributed by atoms with Crippen molar-refractivity contribution in [1.29, 1.82) is 0 Å². The summed E-state index contributed by atoms with van der Waals surface area (Å²) in [6, 6.07) is 6.88. The lowest BCUT2D eigenvalue weighted by molar-refractivity contribution is -0.0181. The van der Waals surface area contributed by atoms with E-state index in [1.165, 1.54) is 0 Å². The number of hydrogen-bond acceptors (Lipinski definition) is 6. The van der Waals surface area contributed by atoms with E-state index in [9.17, 15) is 9.90 Å². The van der Waals surface area contributed by atoms with Crippen LogP contribution in [0, 0.1) is 6.92 Å². The largest absolute Gasteiger partial charge is 0.497 e. The molecule has 2 unspecified atom stereocenters. The summed E-state index contributed by atoms with van der Waals surface area (Å²) >= 11 is 0. The lowest BCUT2D eigenvalue weighted by atomic mass is 9.86. The zero-order chi connectivity index (χ0) is 17.3. The first-order valence-corrected chi connectivity index (χ1v) is 7.91. The summed E-state index contributed by atoms with van der Waals surface area (Å²) in [4.78, 5) is 18.3. The minimum atomic E-state index is -1.18. The average molecular weight is 331 g/mol. The summed E-state index contributed by atoms with van der Waals surface area (Å²) in [7, 11) is 1.59. The van der Waals surface area contributed by atoms with Crippen LogP contribution in [0.15, 0.2) is 28.8 Å². The number of benzene rings is 1. The first kappa shape index (κ1) is 16.4. The predicted octanol–water partition coefficient (Wildman–Crippen LogP) is 1.90. The van der Waals surface area contributed by atoms with Gasteiger partial charge in [-0.1, -0.05) is 17.3 Å². The lowest BCUT2D eigenvalue weighted by Gasteiger charge is -2.36. The van der Waals surface area contributed by atoms with Crippen molar-refractivity contribution < 1.29 is 19.2 Å². The fourth-order valence-electron chi connectivity index (χ4n) is 3.23. The Hall–Kier alpha value is -2.41. The number of hydrogen-bond donors (Lipinski definition) is 1. The fraction of sp³-hybridized carbons (Fsp3) is 0.471. The number of aryl methyl sites for hydroxylation is 1. The first-order valence-electron chi connectivity index (χ1n) is 7.91. The number of methoxy groups -OCH3 is 1. The van der Waals surface area contributed by atoms with E-state index >= 15 is 0 Å². The number of ether oxygens (including phenoxy) is 1. The van der Waals surface area contributed by atoms with Crippen molar-refractivity contribution in [3.05, 3.63) is 41.5 Å². The van der Waals surface area contributed by atoms with Crippen LogP contribution in [-0.2, 0) is 5.60 Å². The molecule has 1 aliphatic heterocycles. The van der Waals surface area contributed by atoms with Crippen LogP contribution in [0.3, 0.4) is 0 Å². The second-order valence-electron chi connectivity index (χ2n) is 6.17. The van der Waals surface area contributed by atoms with Gasteiger partial charge in [-0.3, -0.25) is 4.79 Å². The van der Waals surface area contributed by atoms with E-state index in [0.29, 0.717) is 18.9 Å². The first-order chi connectivity index (χ1) is 11.4. The maximum Gasteiger partial charge on any atom is 0.295 e. The number of aromatic nitrogens is 2. The maximum absolute atomic E-state index is 12.7. The molecule has 0 bridgehead atoms. The van der Waals surface area contributed by atoms with Gasteiger partial charge < -0.3 is 19.3 Å². The number of carbonyl (C=O) groups excluding carboxylic acids is 1. The molecule has 1 N–H and O–H groups in total. The van der Waals surface area contributed by atoms with E-state index in [2.05, 4.69) is 10.1 Å². The second-order valence-corrected chi connectivity index (χ2v) is 6.17. The highest BCUT2D eigenvalue weighted by atomic mass is 16.5. The van der Waals surface area contributed by atoms with Crippen LogP contribution >= 0.6 is 0 Å². The molecule has 2 heterocycles. The molecule has 1 aliphatic rings. The Balaban J connectivity index is 1.86. The standard InChI is InChI=1S/C17H21N3O4/c1-11-18-15(19-24-11)16(21)20-10-4-5-14(20)17(2,22)12-6-8-13(23-3)9-7-12/h6-9,14,22H,4-5,10H2,1-3H3. The summed E-state index contributed by atoms with van der Waals surface area (Å²) < 4.78 is 10.0. The molecule has 7 nitrogen and oxygen atoms in total. The van der Waals surface area contributed by atoms with Crippen molar-refractivity contribution in [3.8, 4) is 5.75 Å². The third-order valence-electron chi connectivity index (χ3n) is 4.56. The van der Waals surface area contributed by atoms with Gasteiger partial charge in [-0.05, 0) is 37.5 Å². The zero-order valence-electron chi connectivity index (χ0n) is 14.0. The van der Waals surface area contributed by atoms with Gasteiger partial charge in [0.25, 0.3) is 11.7 Å². The van der Waals surface area contributed by atoms with Gasteiger partial charge in [0.15, 0.2) is 0 Å². The van der Waals surface area contributed by atoms with Crippen LogP contribution in [0.1, 0.15) is 41.8 Å². The summed E-state index contributed by atoms with van der Waals surface area (Å²) in [5, 5.41) is 14.8. The minimum absolute atomic E-state index is 0.0323. The number of rotatable bonds is 4. The molecule has 1 aromatic carbocycles. The highest BCUT2D eigenvalue weighted by Crippen LogP contribution is 2.35. The molecule has 0 aliphatic carbocycles. The third kappa shape index (κ3) is 2.87. The summed E-state index contributed by atoms with van der Waals surface area (Å²) in [5.41, 5.74) is -0.450. The van der Waals surface area contributed by atoms with Gasteiger partial charge in [-0.15, -0.1) is 0 Å². The van der Waals surface area contributed by atoms with Gasteiger partial charge >= 0.3 is 0 Å². The molecule has 2 aromatic rings. The summed E-state index contributed by atoms with van der Waals surface area (Å²) in [6.07, 6.45) is 1.53.